The largest absolute Gasteiger partial charge is 0.497 e. The molecule has 1 aromatic heterocycles. The van der Waals surface area contributed by atoms with E-state index in [2.05, 4.69) is 6.07 Å². The molecule has 3 aromatic carbocycles. The van der Waals surface area contributed by atoms with Gasteiger partial charge in [-0.2, -0.15) is 5.26 Å². The highest BCUT2D eigenvalue weighted by Crippen LogP contribution is 2.45. The fourth-order valence-electron chi connectivity index (χ4n) is 4.18. The van der Waals surface area contributed by atoms with Crippen molar-refractivity contribution in [2.24, 2.45) is 5.73 Å². The van der Waals surface area contributed by atoms with Gasteiger partial charge >= 0.3 is 5.63 Å². The molecule has 4 aromatic rings. The predicted molar refractivity (Wildman–Crippen MR) is 119 cm³/mol. The van der Waals surface area contributed by atoms with Crippen LogP contribution in [0.15, 0.2) is 75.3 Å². The summed E-state index contributed by atoms with van der Waals surface area (Å²) in [6.07, 6.45) is 0. The molecule has 0 aliphatic carbocycles. The van der Waals surface area contributed by atoms with Crippen molar-refractivity contribution in [1.82, 2.24) is 0 Å². The number of hydrogen-bond acceptors (Lipinski definition) is 7. The van der Waals surface area contributed by atoms with Crippen LogP contribution in [0.5, 0.6) is 17.2 Å². The molecule has 0 bridgehead atoms. The summed E-state index contributed by atoms with van der Waals surface area (Å²) >= 11 is 0. The topological polar surface area (TPSA) is 108 Å². The maximum Gasteiger partial charge on any atom is 0.344 e. The molecule has 2 N–H and O–H groups in total. The summed E-state index contributed by atoms with van der Waals surface area (Å²) in [7, 11) is 3.05. The molecule has 2 heterocycles. The zero-order valence-corrected chi connectivity index (χ0v) is 17.3. The molecule has 0 fully saturated rings. The van der Waals surface area contributed by atoms with E-state index in [1.165, 1.54) is 14.2 Å². The number of fused-ring (bicyclic) bond motifs is 5. The minimum atomic E-state index is -0.806. The van der Waals surface area contributed by atoms with E-state index in [4.69, 9.17) is 24.4 Å². The summed E-state index contributed by atoms with van der Waals surface area (Å²) in [6.45, 7) is 0. The van der Waals surface area contributed by atoms with Gasteiger partial charge in [0.15, 0.2) is 5.75 Å². The minimum absolute atomic E-state index is 0.0631. The Morgan fingerprint density at radius 3 is 2.41 bits per heavy atom. The number of benzene rings is 3. The number of methoxy groups -OCH3 is 2. The third-order valence-corrected chi connectivity index (χ3v) is 5.67. The van der Waals surface area contributed by atoms with Gasteiger partial charge in [-0.15, -0.1) is 0 Å². The second kappa shape index (κ2) is 7.36. The number of ether oxygens (including phenoxy) is 3. The lowest BCUT2D eigenvalue weighted by molar-refractivity contribution is 0.384. The maximum atomic E-state index is 13.3. The van der Waals surface area contributed by atoms with Crippen molar-refractivity contribution >= 4 is 21.7 Å². The van der Waals surface area contributed by atoms with E-state index in [1.54, 1.807) is 18.2 Å². The molecule has 0 amide bonds. The van der Waals surface area contributed by atoms with Gasteiger partial charge < -0.3 is 24.4 Å². The molecule has 7 nitrogen and oxygen atoms in total. The van der Waals surface area contributed by atoms with Gasteiger partial charge in [0.05, 0.1) is 31.1 Å². The van der Waals surface area contributed by atoms with Crippen LogP contribution in [0, 0.1) is 11.3 Å². The number of hydrogen-bond donors (Lipinski definition) is 1. The van der Waals surface area contributed by atoms with Gasteiger partial charge in [-0.3, -0.25) is 0 Å². The van der Waals surface area contributed by atoms with Gasteiger partial charge in [0.1, 0.15) is 28.7 Å². The highest BCUT2D eigenvalue weighted by atomic mass is 16.5. The Balaban J connectivity index is 1.86. The highest BCUT2D eigenvalue weighted by molar-refractivity contribution is 6.06. The third-order valence-electron chi connectivity index (χ3n) is 5.67. The first kappa shape index (κ1) is 19.5. The fraction of sp³-hybridized carbons (Fsp3) is 0.120. The Hall–Kier alpha value is -4.44. The molecule has 1 unspecified atom stereocenters. The zero-order chi connectivity index (χ0) is 22.4. The Labute approximate surface area is 182 Å². The lowest BCUT2D eigenvalue weighted by atomic mass is 9.83. The van der Waals surface area contributed by atoms with Crippen LogP contribution >= 0.6 is 0 Å². The van der Waals surface area contributed by atoms with Crippen LogP contribution in [-0.4, -0.2) is 14.2 Å². The van der Waals surface area contributed by atoms with Crippen LogP contribution in [-0.2, 0) is 0 Å². The molecule has 7 heteroatoms. The van der Waals surface area contributed by atoms with Crippen LogP contribution in [0.3, 0.4) is 0 Å². The molecule has 1 aliphatic heterocycles. The molecule has 1 aliphatic rings. The summed E-state index contributed by atoms with van der Waals surface area (Å²) < 4.78 is 22.4. The first-order valence-electron chi connectivity index (χ1n) is 9.84. The van der Waals surface area contributed by atoms with E-state index < -0.39 is 11.5 Å². The predicted octanol–water partition coefficient (Wildman–Crippen LogP) is 4.18. The van der Waals surface area contributed by atoms with E-state index in [-0.39, 0.29) is 22.8 Å². The fourth-order valence-corrected chi connectivity index (χ4v) is 4.18. The monoisotopic (exact) mass is 426 g/mol. The Morgan fingerprint density at radius 1 is 1.00 bits per heavy atom. The van der Waals surface area contributed by atoms with Gasteiger partial charge in [0.2, 0.25) is 5.88 Å². The minimum Gasteiger partial charge on any atom is -0.497 e. The molecule has 0 spiro atoms. The zero-order valence-electron chi connectivity index (χ0n) is 17.3. The molecule has 1 atom stereocenters. The maximum absolute atomic E-state index is 13.3. The summed E-state index contributed by atoms with van der Waals surface area (Å²) in [4.78, 5) is 13.3. The first-order chi connectivity index (χ1) is 15.5. The van der Waals surface area contributed by atoms with Crippen molar-refractivity contribution < 1.29 is 18.6 Å². The number of nitrogens with zero attached hydrogens (tertiary/aromatic N) is 1. The molecule has 158 valence electrons. The van der Waals surface area contributed by atoms with E-state index in [0.29, 0.717) is 28.0 Å². The third kappa shape index (κ3) is 2.85. The summed E-state index contributed by atoms with van der Waals surface area (Å²) in [6, 6.07) is 18.6. The van der Waals surface area contributed by atoms with Crippen LogP contribution < -0.4 is 25.6 Å². The first-order valence-corrected chi connectivity index (χ1v) is 9.84. The van der Waals surface area contributed by atoms with Crippen LogP contribution in [0.4, 0.5) is 0 Å². The van der Waals surface area contributed by atoms with Gasteiger partial charge in [0.25, 0.3) is 0 Å². The SMILES string of the molecule is COc1cc(OC)cc(C2C(C#N)=C(N)Oc3c2c(=O)oc2c3ccc3ccccc32)c1. The molecule has 0 saturated heterocycles. The number of allylic oxidation sites excluding steroid dienone is 1. The number of nitrogens with two attached hydrogens (primary N) is 1. The van der Waals surface area contributed by atoms with Gasteiger partial charge in [0, 0.05) is 11.5 Å². The molecule has 0 radical (unpaired) electrons. The number of nitriles is 1. The van der Waals surface area contributed by atoms with E-state index in [9.17, 15) is 10.1 Å². The van der Waals surface area contributed by atoms with E-state index in [0.717, 1.165) is 10.8 Å². The standard InChI is InChI=1S/C25H18N2O5/c1-29-15-9-14(10-16(11-15)30-2)20-19(12-26)24(27)31-23-18-8-7-13-5-3-4-6-17(13)22(18)32-25(28)21(20)23/h3-11,20H,27H2,1-2H3. The summed E-state index contributed by atoms with van der Waals surface area (Å²) in [5.41, 5.74) is 6.88. The average Bonchev–Trinajstić information content (AvgIpc) is 2.82. The second-order valence-corrected chi connectivity index (χ2v) is 7.37. The normalized spacial score (nSPS) is 15.2. The van der Waals surface area contributed by atoms with Crippen molar-refractivity contribution in [2.45, 2.75) is 5.92 Å². The Bertz CT molecular complexity index is 1510. The lowest BCUT2D eigenvalue weighted by Gasteiger charge is -2.26. The summed E-state index contributed by atoms with van der Waals surface area (Å²) in [5, 5.41) is 12.2. The van der Waals surface area contributed by atoms with Gasteiger partial charge in [-0.05, 0) is 29.1 Å². The van der Waals surface area contributed by atoms with Crippen molar-refractivity contribution in [3.8, 4) is 23.3 Å². The van der Waals surface area contributed by atoms with E-state index in [1.807, 2.05) is 36.4 Å². The van der Waals surface area contributed by atoms with Crippen molar-refractivity contribution in [1.29, 1.82) is 5.26 Å². The molecular weight excluding hydrogens is 408 g/mol. The smallest absolute Gasteiger partial charge is 0.344 e. The molecule has 32 heavy (non-hydrogen) atoms. The van der Waals surface area contributed by atoms with Crippen LogP contribution in [0.1, 0.15) is 17.0 Å². The number of rotatable bonds is 3. The molecular formula is C25H18N2O5. The van der Waals surface area contributed by atoms with Crippen molar-refractivity contribution in [3.63, 3.8) is 0 Å². The van der Waals surface area contributed by atoms with Gasteiger partial charge in [-0.25, -0.2) is 4.79 Å². The van der Waals surface area contributed by atoms with Crippen molar-refractivity contribution in [3.05, 3.63) is 87.6 Å². The average molecular weight is 426 g/mol. The molecule has 0 saturated carbocycles. The highest BCUT2D eigenvalue weighted by Gasteiger charge is 2.36. The Kier molecular flexibility index (Phi) is 4.49. The second-order valence-electron chi connectivity index (χ2n) is 7.37. The van der Waals surface area contributed by atoms with Crippen LogP contribution in [0.2, 0.25) is 0 Å². The lowest BCUT2D eigenvalue weighted by Crippen LogP contribution is -2.26. The van der Waals surface area contributed by atoms with Crippen molar-refractivity contribution in [2.75, 3.05) is 14.2 Å². The Morgan fingerprint density at radius 2 is 1.72 bits per heavy atom. The summed E-state index contributed by atoms with van der Waals surface area (Å²) in [5.74, 6) is 0.441. The van der Waals surface area contributed by atoms with E-state index >= 15 is 0 Å². The molecule has 5 rings (SSSR count). The van der Waals surface area contributed by atoms with Gasteiger partial charge in [-0.1, -0.05) is 30.3 Å². The quantitative estimate of drug-likeness (QED) is 0.387. The van der Waals surface area contributed by atoms with Crippen LogP contribution in [0.25, 0.3) is 21.7 Å².